The van der Waals surface area contributed by atoms with Gasteiger partial charge in [-0.15, -0.1) is 21.5 Å². The molecule has 0 amide bonds. The highest BCUT2D eigenvalue weighted by Crippen LogP contribution is 2.27. The van der Waals surface area contributed by atoms with E-state index in [0.717, 1.165) is 15.7 Å². The molecule has 19 heavy (non-hydrogen) atoms. The van der Waals surface area contributed by atoms with Crippen LogP contribution in [-0.4, -0.2) is 15.2 Å². The summed E-state index contributed by atoms with van der Waals surface area (Å²) in [5.74, 6) is 2.08. The van der Waals surface area contributed by atoms with Crippen molar-refractivity contribution in [2.45, 2.75) is 10.8 Å². The minimum atomic E-state index is 0.389. The van der Waals surface area contributed by atoms with Gasteiger partial charge in [0.1, 0.15) is 5.03 Å². The van der Waals surface area contributed by atoms with E-state index in [1.165, 1.54) is 11.8 Å². The Morgan fingerprint density at radius 1 is 1.26 bits per heavy atom. The highest BCUT2D eigenvalue weighted by atomic mass is 35.5. The summed E-state index contributed by atoms with van der Waals surface area (Å²) in [6.07, 6.45) is 1.75. The van der Waals surface area contributed by atoms with Crippen molar-refractivity contribution in [3.05, 3.63) is 46.9 Å². The molecule has 0 atom stereocenters. The lowest BCUT2D eigenvalue weighted by molar-refractivity contribution is 0.531. The van der Waals surface area contributed by atoms with Crippen molar-refractivity contribution in [3.8, 4) is 10.6 Å². The second-order valence-electron chi connectivity index (χ2n) is 3.58. The molecule has 0 fully saturated rings. The smallest absolute Gasteiger partial charge is 0.205 e. The van der Waals surface area contributed by atoms with Gasteiger partial charge in [-0.2, -0.15) is 0 Å². The molecule has 0 N–H and O–H groups in total. The van der Waals surface area contributed by atoms with Crippen LogP contribution in [0.2, 0.25) is 5.15 Å². The van der Waals surface area contributed by atoms with Crippen LogP contribution in [0.25, 0.3) is 10.6 Å². The van der Waals surface area contributed by atoms with Crippen LogP contribution in [0, 0.1) is 0 Å². The van der Waals surface area contributed by atoms with E-state index in [2.05, 4.69) is 15.2 Å². The molecule has 4 nitrogen and oxygen atoms in total. The number of thiophene rings is 1. The average molecular weight is 310 g/mol. The summed E-state index contributed by atoms with van der Waals surface area (Å²) in [6, 6.07) is 7.53. The first kappa shape index (κ1) is 12.7. The van der Waals surface area contributed by atoms with Gasteiger partial charge in [-0.05, 0) is 23.6 Å². The first-order valence-corrected chi connectivity index (χ1v) is 7.66. The quantitative estimate of drug-likeness (QED) is 0.678. The van der Waals surface area contributed by atoms with Crippen molar-refractivity contribution in [1.82, 2.24) is 15.2 Å². The lowest BCUT2D eigenvalue weighted by Crippen LogP contribution is -1.86. The van der Waals surface area contributed by atoms with Crippen LogP contribution < -0.4 is 0 Å². The van der Waals surface area contributed by atoms with Gasteiger partial charge in [-0.1, -0.05) is 29.4 Å². The molecule has 7 heteroatoms. The van der Waals surface area contributed by atoms with E-state index in [1.54, 1.807) is 23.6 Å². The lowest BCUT2D eigenvalue weighted by atomic mass is 10.4. The maximum Gasteiger partial charge on any atom is 0.205 e. The number of aromatic nitrogens is 3. The number of thioether (sulfide) groups is 1. The van der Waals surface area contributed by atoms with E-state index in [4.69, 9.17) is 16.0 Å². The van der Waals surface area contributed by atoms with Crippen LogP contribution in [0.15, 0.2) is 45.3 Å². The van der Waals surface area contributed by atoms with Gasteiger partial charge < -0.3 is 4.42 Å². The number of rotatable bonds is 4. The van der Waals surface area contributed by atoms with Crippen molar-refractivity contribution < 1.29 is 4.42 Å². The van der Waals surface area contributed by atoms with Crippen LogP contribution in [0.5, 0.6) is 0 Å². The van der Waals surface area contributed by atoms with E-state index < -0.39 is 0 Å². The average Bonchev–Trinajstić information content (AvgIpc) is 3.09. The van der Waals surface area contributed by atoms with Crippen molar-refractivity contribution in [1.29, 1.82) is 0 Å². The Balaban J connectivity index is 1.66. The Morgan fingerprint density at radius 2 is 2.21 bits per heavy atom. The number of hydrogen-bond acceptors (Lipinski definition) is 6. The number of nitrogens with zero attached hydrogens (tertiary/aromatic N) is 3. The maximum absolute atomic E-state index is 5.68. The van der Waals surface area contributed by atoms with E-state index in [9.17, 15) is 0 Å². The zero-order valence-corrected chi connectivity index (χ0v) is 12.0. The minimum Gasteiger partial charge on any atom is -0.439 e. The molecule has 3 aromatic rings. The van der Waals surface area contributed by atoms with Gasteiger partial charge in [0, 0.05) is 0 Å². The molecule has 96 valence electrons. The second-order valence-corrected chi connectivity index (χ2v) is 5.91. The zero-order valence-electron chi connectivity index (χ0n) is 9.62. The highest BCUT2D eigenvalue weighted by molar-refractivity contribution is 7.98. The molecule has 0 aliphatic carbocycles. The van der Waals surface area contributed by atoms with Gasteiger partial charge in [0.2, 0.25) is 5.89 Å². The molecule has 0 aromatic carbocycles. The molecule has 0 bridgehead atoms. The molecule has 0 saturated carbocycles. The van der Waals surface area contributed by atoms with E-state index >= 15 is 0 Å². The Hall–Kier alpha value is -1.37. The van der Waals surface area contributed by atoms with Crippen molar-refractivity contribution in [2.24, 2.45) is 0 Å². The zero-order chi connectivity index (χ0) is 13.1. The first-order chi connectivity index (χ1) is 9.31. The fraction of sp³-hybridized carbons (Fsp3) is 0.0833. The monoisotopic (exact) mass is 309 g/mol. The molecule has 0 spiro atoms. The van der Waals surface area contributed by atoms with Gasteiger partial charge in [0.25, 0.3) is 0 Å². The van der Waals surface area contributed by atoms with Crippen molar-refractivity contribution >= 4 is 34.7 Å². The minimum absolute atomic E-state index is 0.389. The SMILES string of the molecule is Clc1ccc(SCc2ncc(-c3cccs3)o2)nn1. The maximum atomic E-state index is 5.68. The third kappa shape index (κ3) is 3.15. The van der Waals surface area contributed by atoms with Gasteiger partial charge in [-0.3, -0.25) is 0 Å². The van der Waals surface area contributed by atoms with Crippen LogP contribution >= 0.6 is 34.7 Å². The number of halogens is 1. The standard InChI is InChI=1S/C12H8ClN3OS2/c13-10-3-4-12(16-15-10)19-7-11-14-6-8(17-11)9-2-1-5-18-9/h1-6H,7H2. The molecule has 3 rings (SSSR count). The normalized spacial score (nSPS) is 10.8. The summed E-state index contributed by atoms with van der Waals surface area (Å²) >= 11 is 8.81. The summed E-state index contributed by atoms with van der Waals surface area (Å²) in [4.78, 5) is 5.33. The Bertz CT molecular complexity index is 652. The van der Waals surface area contributed by atoms with Crippen LogP contribution in [-0.2, 0) is 5.75 Å². The summed E-state index contributed by atoms with van der Waals surface area (Å²) < 4.78 is 5.68. The van der Waals surface area contributed by atoms with Crippen LogP contribution in [0.1, 0.15) is 5.89 Å². The molecule has 0 aliphatic heterocycles. The molecular weight excluding hydrogens is 302 g/mol. The van der Waals surface area contributed by atoms with Crippen molar-refractivity contribution in [2.75, 3.05) is 0 Å². The summed E-state index contributed by atoms with van der Waals surface area (Å²) in [5, 5.41) is 10.9. The van der Waals surface area contributed by atoms with Gasteiger partial charge in [-0.25, -0.2) is 4.98 Å². The Morgan fingerprint density at radius 3 is 2.95 bits per heavy atom. The van der Waals surface area contributed by atoms with Gasteiger partial charge >= 0.3 is 0 Å². The van der Waals surface area contributed by atoms with E-state index in [0.29, 0.717) is 16.8 Å². The van der Waals surface area contributed by atoms with Crippen molar-refractivity contribution in [3.63, 3.8) is 0 Å². The van der Waals surface area contributed by atoms with Crippen LogP contribution in [0.4, 0.5) is 0 Å². The molecule has 0 saturated heterocycles. The molecule has 0 radical (unpaired) electrons. The largest absolute Gasteiger partial charge is 0.439 e. The fourth-order valence-electron chi connectivity index (χ4n) is 1.43. The molecule has 0 unspecified atom stereocenters. The fourth-order valence-corrected chi connectivity index (χ4v) is 2.87. The summed E-state index contributed by atoms with van der Waals surface area (Å²) in [7, 11) is 0. The predicted octanol–water partition coefficient (Wildman–Crippen LogP) is 4.14. The topological polar surface area (TPSA) is 51.8 Å². The molecule has 3 heterocycles. The summed E-state index contributed by atoms with van der Waals surface area (Å²) in [5.41, 5.74) is 0. The molecule has 3 aromatic heterocycles. The third-order valence-electron chi connectivity index (χ3n) is 2.27. The second kappa shape index (κ2) is 5.73. The molecular formula is C12H8ClN3OS2. The highest BCUT2D eigenvalue weighted by Gasteiger charge is 2.08. The van der Waals surface area contributed by atoms with E-state index in [1.807, 2.05) is 23.6 Å². The predicted molar refractivity (Wildman–Crippen MR) is 76.4 cm³/mol. The Kier molecular flexibility index (Phi) is 3.82. The lowest BCUT2D eigenvalue weighted by Gasteiger charge is -1.96. The molecule has 0 aliphatic rings. The van der Waals surface area contributed by atoms with E-state index in [-0.39, 0.29) is 0 Å². The first-order valence-electron chi connectivity index (χ1n) is 5.42. The third-order valence-corrected chi connectivity index (χ3v) is 4.26. The summed E-state index contributed by atoms with van der Waals surface area (Å²) in [6.45, 7) is 0. The van der Waals surface area contributed by atoms with Gasteiger partial charge in [0.15, 0.2) is 10.9 Å². The number of oxazole rings is 1. The number of hydrogen-bond donors (Lipinski definition) is 0. The van der Waals surface area contributed by atoms with Crippen LogP contribution in [0.3, 0.4) is 0 Å². The van der Waals surface area contributed by atoms with Gasteiger partial charge in [0.05, 0.1) is 16.8 Å². The Labute approximate surface area is 122 Å².